The Morgan fingerprint density at radius 2 is 1.89 bits per heavy atom. The lowest BCUT2D eigenvalue weighted by molar-refractivity contribution is 0.00754. The molecule has 1 aromatic carbocycles. The predicted molar refractivity (Wildman–Crippen MR) is 70.7 cm³/mol. The van der Waals surface area contributed by atoms with Crippen LogP contribution in [0.4, 0.5) is 8.78 Å². The smallest absolute Gasteiger partial charge is 0.261 e. The van der Waals surface area contributed by atoms with Crippen molar-refractivity contribution in [1.29, 1.82) is 0 Å². The number of ether oxygens (including phenoxy) is 2. The van der Waals surface area contributed by atoms with Gasteiger partial charge in [0.2, 0.25) is 0 Å². The van der Waals surface area contributed by atoms with E-state index in [-0.39, 0.29) is 13.2 Å². The molecule has 0 bridgehead atoms. The average Bonchev–Trinajstić information content (AvgIpc) is 2.36. The highest BCUT2D eigenvalue weighted by Crippen LogP contribution is 2.17. The summed E-state index contributed by atoms with van der Waals surface area (Å²) < 4.78 is 34.0. The van der Waals surface area contributed by atoms with Crippen LogP contribution in [0.3, 0.4) is 0 Å². The Balaban J connectivity index is 2.35. The molecule has 0 spiro atoms. The van der Waals surface area contributed by atoms with Crippen molar-refractivity contribution in [2.45, 2.75) is 32.9 Å². The van der Waals surface area contributed by atoms with E-state index in [0.717, 1.165) is 11.3 Å². The highest BCUT2D eigenvalue weighted by Gasteiger charge is 2.05. The van der Waals surface area contributed by atoms with E-state index in [4.69, 9.17) is 9.47 Å². The van der Waals surface area contributed by atoms with Crippen molar-refractivity contribution in [2.24, 2.45) is 0 Å². The third-order valence-corrected chi connectivity index (χ3v) is 2.40. The van der Waals surface area contributed by atoms with Gasteiger partial charge in [-0.3, -0.25) is 0 Å². The fraction of sp³-hybridized carbons (Fsp3) is 0.571. The molecule has 0 aromatic heterocycles. The summed E-state index contributed by atoms with van der Waals surface area (Å²) in [5, 5.41) is 3.31. The summed E-state index contributed by atoms with van der Waals surface area (Å²) in [6.07, 6.45) is -2.43. The van der Waals surface area contributed by atoms with Crippen molar-refractivity contribution in [3.8, 4) is 5.75 Å². The van der Waals surface area contributed by atoms with Gasteiger partial charge >= 0.3 is 0 Å². The first-order valence-corrected chi connectivity index (χ1v) is 6.39. The number of alkyl halides is 2. The summed E-state index contributed by atoms with van der Waals surface area (Å²) in [5.74, 6) is 0.760. The summed E-state index contributed by atoms with van der Waals surface area (Å²) >= 11 is 0. The Kier molecular flexibility index (Phi) is 7.36. The van der Waals surface area contributed by atoms with Gasteiger partial charge in [-0.15, -0.1) is 0 Å². The molecule has 0 heterocycles. The second-order valence-electron chi connectivity index (χ2n) is 4.46. The van der Waals surface area contributed by atoms with E-state index in [0.29, 0.717) is 12.6 Å². The summed E-state index contributed by atoms with van der Waals surface area (Å²) in [5.41, 5.74) is 1.05. The average molecular weight is 273 g/mol. The van der Waals surface area contributed by atoms with Gasteiger partial charge in [0.15, 0.2) is 0 Å². The van der Waals surface area contributed by atoms with Crippen LogP contribution in [0.5, 0.6) is 5.75 Å². The molecule has 0 fully saturated rings. The first kappa shape index (κ1) is 15.9. The van der Waals surface area contributed by atoms with Crippen LogP contribution >= 0.6 is 0 Å². The van der Waals surface area contributed by atoms with Gasteiger partial charge in [0.05, 0.1) is 6.61 Å². The zero-order valence-corrected chi connectivity index (χ0v) is 11.4. The lowest BCUT2D eigenvalue weighted by atomic mass is 10.2. The van der Waals surface area contributed by atoms with Crippen molar-refractivity contribution in [1.82, 2.24) is 5.32 Å². The van der Waals surface area contributed by atoms with Gasteiger partial charge in [-0.25, -0.2) is 8.78 Å². The first-order chi connectivity index (χ1) is 9.09. The zero-order chi connectivity index (χ0) is 14.1. The topological polar surface area (TPSA) is 30.5 Å². The van der Waals surface area contributed by atoms with Crippen LogP contribution in [0.1, 0.15) is 19.4 Å². The highest BCUT2D eigenvalue weighted by atomic mass is 19.3. The van der Waals surface area contributed by atoms with Gasteiger partial charge in [0, 0.05) is 18.2 Å². The maximum absolute atomic E-state index is 11.9. The fourth-order valence-electron chi connectivity index (χ4n) is 1.49. The summed E-state index contributed by atoms with van der Waals surface area (Å²) in [4.78, 5) is 0. The Labute approximate surface area is 112 Å². The Morgan fingerprint density at radius 1 is 1.16 bits per heavy atom. The van der Waals surface area contributed by atoms with E-state index < -0.39 is 13.0 Å². The van der Waals surface area contributed by atoms with Crippen molar-refractivity contribution in [3.63, 3.8) is 0 Å². The molecule has 19 heavy (non-hydrogen) atoms. The third-order valence-electron chi connectivity index (χ3n) is 2.40. The normalized spacial score (nSPS) is 11.3. The Morgan fingerprint density at radius 3 is 2.58 bits per heavy atom. The minimum Gasteiger partial charge on any atom is -0.491 e. The van der Waals surface area contributed by atoms with Crippen LogP contribution < -0.4 is 10.1 Å². The van der Waals surface area contributed by atoms with Crippen LogP contribution in [-0.4, -0.2) is 32.3 Å². The van der Waals surface area contributed by atoms with E-state index in [1.807, 2.05) is 24.3 Å². The number of benzene rings is 1. The molecular formula is C14H21F2NO2. The third kappa shape index (κ3) is 7.08. The SMILES string of the molecule is CC(C)NCc1ccccc1OCCOCC(F)F. The largest absolute Gasteiger partial charge is 0.491 e. The Hall–Kier alpha value is -1.20. The van der Waals surface area contributed by atoms with Crippen LogP contribution in [0.15, 0.2) is 24.3 Å². The van der Waals surface area contributed by atoms with Crippen LogP contribution in [0.2, 0.25) is 0 Å². The van der Waals surface area contributed by atoms with E-state index in [2.05, 4.69) is 19.2 Å². The van der Waals surface area contributed by atoms with Crippen molar-refractivity contribution >= 4 is 0 Å². The maximum atomic E-state index is 11.9. The van der Waals surface area contributed by atoms with E-state index in [1.54, 1.807) is 0 Å². The number of hydrogen-bond donors (Lipinski definition) is 1. The summed E-state index contributed by atoms with van der Waals surface area (Å²) in [7, 11) is 0. The molecular weight excluding hydrogens is 252 g/mol. The number of para-hydroxylation sites is 1. The lowest BCUT2D eigenvalue weighted by Gasteiger charge is -2.13. The van der Waals surface area contributed by atoms with Crippen LogP contribution in [0.25, 0.3) is 0 Å². The zero-order valence-electron chi connectivity index (χ0n) is 11.4. The number of halogens is 2. The van der Waals surface area contributed by atoms with E-state index in [1.165, 1.54) is 0 Å². The van der Waals surface area contributed by atoms with Crippen molar-refractivity contribution in [2.75, 3.05) is 19.8 Å². The molecule has 0 saturated carbocycles. The molecule has 108 valence electrons. The van der Waals surface area contributed by atoms with E-state index >= 15 is 0 Å². The van der Waals surface area contributed by atoms with Gasteiger partial charge in [-0.2, -0.15) is 0 Å². The quantitative estimate of drug-likeness (QED) is 0.702. The number of hydrogen-bond acceptors (Lipinski definition) is 3. The second kappa shape index (κ2) is 8.82. The predicted octanol–water partition coefficient (Wildman–Crippen LogP) is 2.85. The molecule has 3 nitrogen and oxygen atoms in total. The second-order valence-corrected chi connectivity index (χ2v) is 4.46. The van der Waals surface area contributed by atoms with Gasteiger partial charge in [-0.05, 0) is 6.07 Å². The molecule has 5 heteroatoms. The first-order valence-electron chi connectivity index (χ1n) is 6.39. The molecule has 0 unspecified atom stereocenters. The number of nitrogens with one attached hydrogen (secondary N) is 1. The van der Waals surface area contributed by atoms with Gasteiger partial charge < -0.3 is 14.8 Å². The van der Waals surface area contributed by atoms with Crippen molar-refractivity contribution < 1.29 is 18.3 Å². The molecule has 1 N–H and O–H groups in total. The fourth-order valence-corrected chi connectivity index (χ4v) is 1.49. The number of rotatable bonds is 9. The summed E-state index contributed by atoms with van der Waals surface area (Å²) in [6, 6.07) is 8.06. The lowest BCUT2D eigenvalue weighted by Crippen LogP contribution is -2.22. The van der Waals surface area contributed by atoms with Crippen molar-refractivity contribution in [3.05, 3.63) is 29.8 Å². The monoisotopic (exact) mass is 273 g/mol. The van der Waals surface area contributed by atoms with Gasteiger partial charge in [-0.1, -0.05) is 32.0 Å². The molecule has 0 aliphatic carbocycles. The van der Waals surface area contributed by atoms with Crippen LogP contribution in [0, 0.1) is 0 Å². The molecule has 0 radical (unpaired) electrons. The molecule has 0 amide bonds. The molecule has 0 atom stereocenters. The van der Waals surface area contributed by atoms with Gasteiger partial charge in [0.1, 0.15) is 19.0 Å². The molecule has 0 saturated heterocycles. The van der Waals surface area contributed by atoms with Crippen LogP contribution in [-0.2, 0) is 11.3 Å². The Bertz CT molecular complexity index is 359. The standard InChI is InChI=1S/C14H21F2NO2/c1-11(2)17-9-12-5-3-4-6-13(12)19-8-7-18-10-14(15)16/h3-6,11,14,17H,7-10H2,1-2H3. The maximum Gasteiger partial charge on any atom is 0.261 e. The molecule has 0 aliphatic heterocycles. The highest BCUT2D eigenvalue weighted by molar-refractivity contribution is 5.33. The minimum atomic E-state index is -2.43. The molecule has 1 aromatic rings. The molecule has 0 aliphatic rings. The summed E-state index contributed by atoms with van der Waals surface area (Å²) in [6.45, 7) is 4.75. The minimum absolute atomic E-state index is 0.163. The molecule has 1 rings (SSSR count). The van der Waals surface area contributed by atoms with Gasteiger partial charge in [0.25, 0.3) is 6.43 Å². The van der Waals surface area contributed by atoms with E-state index in [9.17, 15) is 8.78 Å².